The third kappa shape index (κ3) is 3.11. The number of benzene rings is 2. The molecule has 1 amide bonds. The molecule has 0 fully saturated rings. The van der Waals surface area contributed by atoms with Gasteiger partial charge in [0.2, 0.25) is 11.3 Å². The number of para-hydroxylation sites is 1. The van der Waals surface area contributed by atoms with E-state index in [-0.39, 0.29) is 23.7 Å². The van der Waals surface area contributed by atoms with E-state index in [1.165, 1.54) is 29.1 Å². The summed E-state index contributed by atoms with van der Waals surface area (Å²) >= 11 is 0. The van der Waals surface area contributed by atoms with Crippen molar-refractivity contribution in [2.75, 3.05) is 5.32 Å². The number of amides is 1. The molecule has 0 unspecified atom stereocenters. The molecular weight excluding hydrogens is 297 g/mol. The van der Waals surface area contributed by atoms with Gasteiger partial charge in [-0.25, -0.2) is 4.39 Å². The van der Waals surface area contributed by atoms with Gasteiger partial charge in [0, 0.05) is 11.1 Å². The smallest absolute Gasteiger partial charge is 0.246 e. The minimum atomic E-state index is -0.353. The van der Waals surface area contributed by atoms with E-state index in [1.807, 2.05) is 0 Å². The van der Waals surface area contributed by atoms with Crippen molar-refractivity contribution in [2.45, 2.75) is 13.5 Å². The fourth-order valence-corrected chi connectivity index (χ4v) is 2.38. The molecule has 0 bridgehead atoms. The van der Waals surface area contributed by atoms with Gasteiger partial charge in [-0.3, -0.25) is 14.3 Å². The molecule has 1 N–H and O–H groups in total. The molecular formula is C17H14FN3O2. The van der Waals surface area contributed by atoms with Crippen molar-refractivity contribution in [3.63, 3.8) is 0 Å². The lowest BCUT2D eigenvalue weighted by atomic mass is 10.2. The summed E-state index contributed by atoms with van der Waals surface area (Å²) in [6.45, 7) is 1.67. The van der Waals surface area contributed by atoms with Crippen molar-refractivity contribution in [2.24, 2.45) is 0 Å². The summed E-state index contributed by atoms with van der Waals surface area (Å²) < 4.78 is 14.6. The Labute approximate surface area is 131 Å². The molecule has 1 aromatic heterocycles. The van der Waals surface area contributed by atoms with Crippen molar-refractivity contribution in [1.82, 2.24) is 9.78 Å². The maximum absolute atomic E-state index is 13.1. The van der Waals surface area contributed by atoms with E-state index in [0.717, 1.165) is 0 Å². The first kappa shape index (κ1) is 14.9. The number of aromatic nitrogens is 2. The maximum atomic E-state index is 13.1. The predicted molar refractivity (Wildman–Crippen MR) is 85.8 cm³/mol. The van der Waals surface area contributed by atoms with Gasteiger partial charge in [0.1, 0.15) is 12.4 Å². The molecule has 0 saturated heterocycles. The minimum absolute atomic E-state index is 0.0440. The highest BCUT2D eigenvalue weighted by atomic mass is 19.1. The van der Waals surface area contributed by atoms with E-state index >= 15 is 0 Å². The van der Waals surface area contributed by atoms with Gasteiger partial charge in [-0.15, -0.1) is 0 Å². The van der Waals surface area contributed by atoms with Gasteiger partial charge in [-0.05, 0) is 42.8 Å². The van der Waals surface area contributed by atoms with Crippen LogP contribution in [-0.4, -0.2) is 15.7 Å². The van der Waals surface area contributed by atoms with Gasteiger partial charge in [-0.1, -0.05) is 12.1 Å². The average Bonchev–Trinajstić information content (AvgIpc) is 2.53. The van der Waals surface area contributed by atoms with Crippen molar-refractivity contribution in [3.05, 3.63) is 70.3 Å². The monoisotopic (exact) mass is 311 g/mol. The van der Waals surface area contributed by atoms with E-state index in [9.17, 15) is 14.0 Å². The molecule has 0 saturated carbocycles. The molecule has 3 rings (SSSR count). The molecule has 6 heteroatoms. The zero-order valence-electron chi connectivity index (χ0n) is 12.4. The predicted octanol–water partition coefficient (Wildman–Crippen LogP) is 2.48. The molecule has 2 aromatic carbocycles. The van der Waals surface area contributed by atoms with Crippen molar-refractivity contribution >= 4 is 22.5 Å². The zero-order valence-corrected chi connectivity index (χ0v) is 12.4. The summed E-state index contributed by atoms with van der Waals surface area (Å²) in [4.78, 5) is 24.0. The normalized spacial score (nSPS) is 10.7. The number of halogens is 1. The first-order valence-electron chi connectivity index (χ1n) is 7.05. The van der Waals surface area contributed by atoms with Crippen LogP contribution >= 0.6 is 0 Å². The topological polar surface area (TPSA) is 64.0 Å². The highest BCUT2D eigenvalue weighted by Gasteiger charge is 2.09. The Morgan fingerprint density at radius 2 is 2.04 bits per heavy atom. The van der Waals surface area contributed by atoms with Crippen molar-refractivity contribution in [3.8, 4) is 0 Å². The molecule has 0 spiro atoms. The number of anilines is 1. The minimum Gasteiger partial charge on any atom is -0.324 e. The molecule has 0 atom stereocenters. The third-order valence-corrected chi connectivity index (χ3v) is 3.52. The SMILES string of the molecule is Cc1cc(F)ccc1NC(=O)Cn1ncc(=O)c2ccccc21. The lowest BCUT2D eigenvalue weighted by Gasteiger charge is -2.11. The summed E-state index contributed by atoms with van der Waals surface area (Å²) in [6.07, 6.45) is 1.19. The fourth-order valence-electron chi connectivity index (χ4n) is 2.38. The molecule has 0 aliphatic rings. The Bertz CT molecular complexity index is 950. The highest BCUT2D eigenvalue weighted by Crippen LogP contribution is 2.16. The number of fused-ring (bicyclic) bond motifs is 1. The van der Waals surface area contributed by atoms with E-state index in [1.54, 1.807) is 31.2 Å². The Hall–Kier alpha value is -3.02. The second-order valence-corrected chi connectivity index (χ2v) is 5.19. The largest absolute Gasteiger partial charge is 0.324 e. The van der Waals surface area contributed by atoms with Crippen LogP contribution in [0.1, 0.15) is 5.56 Å². The van der Waals surface area contributed by atoms with Crippen LogP contribution in [0.5, 0.6) is 0 Å². The lowest BCUT2D eigenvalue weighted by Crippen LogP contribution is -2.22. The van der Waals surface area contributed by atoms with Crippen molar-refractivity contribution < 1.29 is 9.18 Å². The first-order chi connectivity index (χ1) is 11.0. The Morgan fingerprint density at radius 3 is 2.83 bits per heavy atom. The van der Waals surface area contributed by atoms with Gasteiger partial charge in [-0.2, -0.15) is 5.10 Å². The number of carbonyl (C=O) groups excluding carboxylic acids is 1. The lowest BCUT2D eigenvalue weighted by molar-refractivity contribution is -0.116. The van der Waals surface area contributed by atoms with Crippen molar-refractivity contribution in [1.29, 1.82) is 0 Å². The number of aryl methyl sites for hydroxylation is 1. The number of nitrogens with zero attached hydrogens (tertiary/aromatic N) is 2. The number of hydrogen-bond acceptors (Lipinski definition) is 3. The number of carbonyl (C=O) groups is 1. The second kappa shape index (κ2) is 6.00. The molecule has 0 aliphatic carbocycles. The van der Waals surface area contributed by atoms with E-state index in [2.05, 4.69) is 10.4 Å². The molecule has 23 heavy (non-hydrogen) atoms. The van der Waals surface area contributed by atoms with Gasteiger partial charge >= 0.3 is 0 Å². The van der Waals surface area contributed by atoms with Crippen LogP contribution in [0, 0.1) is 12.7 Å². The fraction of sp³-hybridized carbons (Fsp3) is 0.118. The zero-order chi connectivity index (χ0) is 16.4. The summed E-state index contributed by atoms with van der Waals surface area (Å²) in [5.41, 5.74) is 1.58. The van der Waals surface area contributed by atoms with Crippen LogP contribution in [0.2, 0.25) is 0 Å². The van der Waals surface area contributed by atoms with Crippen LogP contribution in [-0.2, 0) is 11.3 Å². The van der Waals surface area contributed by atoms with E-state index in [4.69, 9.17) is 0 Å². The standard InChI is InChI=1S/C17H14FN3O2/c1-11-8-12(18)6-7-14(11)20-17(23)10-21-15-5-3-2-4-13(15)16(22)9-19-21/h2-9H,10H2,1H3,(H,20,23). The molecule has 0 aliphatic heterocycles. The Morgan fingerprint density at radius 1 is 1.26 bits per heavy atom. The van der Waals surface area contributed by atoms with Crippen LogP contribution < -0.4 is 10.7 Å². The number of rotatable bonds is 3. The number of nitrogens with one attached hydrogen (secondary N) is 1. The summed E-state index contributed by atoms with van der Waals surface area (Å²) in [7, 11) is 0. The molecule has 1 heterocycles. The maximum Gasteiger partial charge on any atom is 0.246 e. The first-order valence-corrected chi connectivity index (χ1v) is 7.05. The van der Waals surface area contributed by atoms with Gasteiger partial charge in [0.25, 0.3) is 0 Å². The van der Waals surface area contributed by atoms with E-state index < -0.39 is 0 Å². The molecule has 116 valence electrons. The van der Waals surface area contributed by atoms with Gasteiger partial charge < -0.3 is 5.32 Å². The molecule has 3 aromatic rings. The molecule has 5 nitrogen and oxygen atoms in total. The highest BCUT2D eigenvalue weighted by molar-refractivity contribution is 5.92. The third-order valence-electron chi connectivity index (χ3n) is 3.52. The van der Waals surface area contributed by atoms with Crippen LogP contribution in [0.15, 0.2) is 53.5 Å². The molecule has 0 radical (unpaired) electrons. The summed E-state index contributed by atoms with van der Waals surface area (Å²) in [5.74, 6) is -0.658. The summed E-state index contributed by atoms with van der Waals surface area (Å²) in [5, 5.41) is 7.24. The second-order valence-electron chi connectivity index (χ2n) is 5.19. The van der Waals surface area contributed by atoms with E-state index in [0.29, 0.717) is 22.2 Å². The van der Waals surface area contributed by atoms with Crippen LogP contribution in [0.3, 0.4) is 0 Å². The quantitative estimate of drug-likeness (QED) is 0.808. The Kier molecular flexibility index (Phi) is 3.89. The Balaban J connectivity index is 1.86. The summed E-state index contributed by atoms with van der Waals surface area (Å²) in [6, 6.07) is 11.1. The van der Waals surface area contributed by atoms with Crippen LogP contribution in [0.25, 0.3) is 10.9 Å². The average molecular weight is 311 g/mol. The van der Waals surface area contributed by atoms with Gasteiger partial charge in [0.05, 0.1) is 11.7 Å². The number of hydrogen-bond donors (Lipinski definition) is 1. The van der Waals surface area contributed by atoms with Crippen LogP contribution in [0.4, 0.5) is 10.1 Å². The van der Waals surface area contributed by atoms with Gasteiger partial charge in [0.15, 0.2) is 0 Å².